The van der Waals surface area contributed by atoms with Crippen LogP contribution in [0.15, 0.2) is 23.1 Å². The van der Waals surface area contributed by atoms with Gasteiger partial charge in [0.25, 0.3) is 0 Å². The molecule has 0 radical (unpaired) electrons. The Balaban J connectivity index is 2.23. The first-order valence-electron chi connectivity index (χ1n) is 7.61. The number of hydrogen-bond donors (Lipinski definition) is 2. The molecule has 0 bridgehead atoms. The SMILES string of the molecule is CCC(C)(C)NS(=O)(=O)c1cccc(CNC2CC2)c1C. The van der Waals surface area contributed by atoms with Gasteiger partial charge >= 0.3 is 0 Å². The molecule has 0 aromatic heterocycles. The number of rotatable bonds is 7. The van der Waals surface area contributed by atoms with Crippen molar-refractivity contribution in [2.45, 2.75) is 70.0 Å². The lowest BCUT2D eigenvalue weighted by atomic mass is 10.0. The van der Waals surface area contributed by atoms with E-state index in [2.05, 4.69) is 10.0 Å². The van der Waals surface area contributed by atoms with Gasteiger partial charge in [-0.2, -0.15) is 0 Å². The van der Waals surface area contributed by atoms with Gasteiger partial charge in [0, 0.05) is 18.1 Å². The Morgan fingerprint density at radius 2 is 1.95 bits per heavy atom. The van der Waals surface area contributed by atoms with Crippen LogP contribution in [0.4, 0.5) is 0 Å². The zero-order valence-electron chi connectivity index (χ0n) is 13.4. The second-order valence-electron chi connectivity index (χ2n) is 6.54. The highest BCUT2D eigenvalue weighted by Crippen LogP contribution is 2.23. The molecule has 0 saturated heterocycles. The molecule has 118 valence electrons. The van der Waals surface area contributed by atoms with Gasteiger partial charge < -0.3 is 5.32 Å². The monoisotopic (exact) mass is 310 g/mol. The van der Waals surface area contributed by atoms with Crippen LogP contribution in [0.5, 0.6) is 0 Å². The van der Waals surface area contributed by atoms with Gasteiger partial charge in [-0.05, 0) is 57.2 Å². The van der Waals surface area contributed by atoms with Crippen LogP contribution in [0.25, 0.3) is 0 Å². The summed E-state index contributed by atoms with van der Waals surface area (Å²) in [6.45, 7) is 8.40. The highest BCUT2D eigenvalue weighted by molar-refractivity contribution is 7.89. The number of sulfonamides is 1. The molecule has 0 aliphatic heterocycles. The molecule has 21 heavy (non-hydrogen) atoms. The summed E-state index contributed by atoms with van der Waals surface area (Å²) in [5.74, 6) is 0. The quantitative estimate of drug-likeness (QED) is 0.814. The van der Waals surface area contributed by atoms with E-state index in [9.17, 15) is 8.42 Å². The van der Waals surface area contributed by atoms with Crippen LogP contribution in [0, 0.1) is 6.92 Å². The molecule has 5 heteroatoms. The van der Waals surface area contributed by atoms with E-state index >= 15 is 0 Å². The van der Waals surface area contributed by atoms with Gasteiger partial charge in [0.2, 0.25) is 10.0 Å². The second-order valence-corrected chi connectivity index (χ2v) is 8.19. The maximum absolute atomic E-state index is 12.6. The summed E-state index contributed by atoms with van der Waals surface area (Å²) < 4.78 is 28.0. The first-order chi connectivity index (χ1) is 9.75. The predicted octanol–water partition coefficient (Wildman–Crippen LogP) is 2.71. The Bertz CT molecular complexity index is 605. The van der Waals surface area contributed by atoms with Crippen LogP contribution in [0.1, 0.15) is 51.2 Å². The molecule has 2 rings (SSSR count). The summed E-state index contributed by atoms with van der Waals surface area (Å²) in [5, 5.41) is 3.44. The van der Waals surface area contributed by atoms with Crippen molar-refractivity contribution in [3.63, 3.8) is 0 Å². The zero-order valence-corrected chi connectivity index (χ0v) is 14.2. The smallest absolute Gasteiger partial charge is 0.241 e. The van der Waals surface area contributed by atoms with Gasteiger partial charge in [0.05, 0.1) is 4.90 Å². The molecular weight excluding hydrogens is 284 g/mol. The van der Waals surface area contributed by atoms with Crippen LogP contribution in [-0.4, -0.2) is 20.0 Å². The van der Waals surface area contributed by atoms with Crippen molar-refractivity contribution in [2.75, 3.05) is 0 Å². The lowest BCUT2D eigenvalue weighted by Gasteiger charge is -2.25. The standard InChI is InChI=1S/C16H26N2O2S/c1-5-16(3,4)18-21(19,20)15-8-6-7-13(12(15)2)11-17-14-9-10-14/h6-8,14,17-18H,5,9-11H2,1-4H3. The van der Waals surface area contributed by atoms with E-state index in [0.717, 1.165) is 24.1 Å². The Hall–Kier alpha value is -0.910. The average Bonchev–Trinajstić information content (AvgIpc) is 3.20. The van der Waals surface area contributed by atoms with Crippen LogP contribution in [0.3, 0.4) is 0 Å². The van der Waals surface area contributed by atoms with Gasteiger partial charge in [-0.25, -0.2) is 13.1 Å². The van der Waals surface area contributed by atoms with Gasteiger partial charge in [-0.3, -0.25) is 0 Å². The largest absolute Gasteiger partial charge is 0.310 e. The lowest BCUT2D eigenvalue weighted by molar-refractivity contribution is 0.439. The van der Waals surface area contributed by atoms with Crippen molar-refractivity contribution in [2.24, 2.45) is 0 Å². The van der Waals surface area contributed by atoms with Crippen LogP contribution >= 0.6 is 0 Å². The minimum absolute atomic E-state index is 0.388. The second kappa shape index (κ2) is 6.07. The summed E-state index contributed by atoms with van der Waals surface area (Å²) >= 11 is 0. The molecule has 1 aliphatic carbocycles. The molecule has 0 unspecified atom stereocenters. The summed E-state index contributed by atoms with van der Waals surface area (Å²) in [4.78, 5) is 0.388. The van der Waals surface area contributed by atoms with Gasteiger partial charge in [0.1, 0.15) is 0 Å². The molecule has 1 aliphatic rings. The molecule has 0 amide bonds. The third kappa shape index (κ3) is 4.28. The molecular formula is C16H26N2O2S. The van der Waals surface area contributed by atoms with E-state index < -0.39 is 15.6 Å². The summed E-state index contributed by atoms with van der Waals surface area (Å²) in [6.07, 6.45) is 3.20. The molecule has 1 aromatic rings. The van der Waals surface area contributed by atoms with Gasteiger partial charge in [-0.1, -0.05) is 19.1 Å². The summed E-state index contributed by atoms with van der Waals surface area (Å²) in [6, 6.07) is 6.12. The van der Waals surface area contributed by atoms with E-state index in [1.54, 1.807) is 6.07 Å². The number of nitrogens with one attached hydrogen (secondary N) is 2. The normalized spacial score (nSPS) is 16.2. The fraction of sp³-hybridized carbons (Fsp3) is 0.625. The Morgan fingerprint density at radius 1 is 1.29 bits per heavy atom. The van der Waals surface area contributed by atoms with Crippen molar-refractivity contribution in [1.29, 1.82) is 0 Å². The van der Waals surface area contributed by atoms with Crippen LogP contribution in [0.2, 0.25) is 0 Å². The summed E-state index contributed by atoms with van der Waals surface area (Å²) in [7, 11) is -3.48. The maximum atomic E-state index is 12.6. The first-order valence-corrected chi connectivity index (χ1v) is 9.09. The molecule has 1 saturated carbocycles. The minimum Gasteiger partial charge on any atom is -0.310 e. The third-order valence-electron chi connectivity index (χ3n) is 4.14. The van der Waals surface area contributed by atoms with Gasteiger partial charge in [-0.15, -0.1) is 0 Å². The molecule has 0 spiro atoms. The molecule has 2 N–H and O–H groups in total. The van der Waals surface area contributed by atoms with Crippen molar-refractivity contribution < 1.29 is 8.42 Å². The van der Waals surface area contributed by atoms with E-state index in [0.29, 0.717) is 10.9 Å². The van der Waals surface area contributed by atoms with Crippen LogP contribution < -0.4 is 10.0 Å². The van der Waals surface area contributed by atoms with Crippen molar-refractivity contribution in [3.05, 3.63) is 29.3 Å². The van der Waals surface area contributed by atoms with Crippen molar-refractivity contribution in [3.8, 4) is 0 Å². The number of benzene rings is 1. The average molecular weight is 310 g/mol. The van der Waals surface area contributed by atoms with E-state index in [4.69, 9.17) is 0 Å². The summed E-state index contributed by atoms with van der Waals surface area (Å²) in [5.41, 5.74) is 1.46. The van der Waals surface area contributed by atoms with E-state index in [1.807, 2.05) is 39.8 Å². The lowest BCUT2D eigenvalue weighted by Crippen LogP contribution is -2.42. The maximum Gasteiger partial charge on any atom is 0.241 e. The Morgan fingerprint density at radius 3 is 2.52 bits per heavy atom. The van der Waals surface area contributed by atoms with Gasteiger partial charge in [0.15, 0.2) is 0 Å². The molecule has 1 aromatic carbocycles. The minimum atomic E-state index is -3.48. The van der Waals surface area contributed by atoms with E-state index in [1.165, 1.54) is 12.8 Å². The number of hydrogen-bond acceptors (Lipinski definition) is 3. The predicted molar refractivity (Wildman–Crippen MR) is 85.7 cm³/mol. The first kappa shape index (κ1) is 16.5. The fourth-order valence-corrected chi connectivity index (χ4v) is 3.95. The van der Waals surface area contributed by atoms with Crippen LogP contribution in [-0.2, 0) is 16.6 Å². The topological polar surface area (TPSA) is 58.2 Å². The fourth-order valence-electron chi connectivity index (χ4n) is 2.18. The molecule has 0 heterocycles. The Kier molecular flexibility index (Phi) is 4.76. The zero-order chi connectivity index (χ0) is 15.7. The molecule has 0 atom stereocenters. The molecule has 1 fully saturated rings. The van der Waals surface area contributed by atoms with E-state index in [-0.39, 0.29) is 0 Å². The van der Waals surface area contributed by atoms with Crippen molar-refractivity contribution in [1.82, 2.24) is 10.0 Å². The highest BCUT2D eigenvalue weighted by Gasteiger charge is 2.26. The highest BCUT2D eigenvalue weighted by atomic mass is 32.2. The third-order valence-corrected chi connectivity index (χ3v) is 5.98. The Labute approximate surface area is 128 Å². The molecule has 4 nitrogen and oxygen atoms in total. The van der Waals surface area contributed by atoms with Crippen molar-refractivity contribution >= 4 is 10.0 Å².